The number of nitrogens with zero attached hydrogens (tertiary/aromatic N) is 5. The van der Waals surface area contributed by atoms with E-state index in [1.807, 2.05) is 18.2 Å². The fourth-order valence-corrected chi connectivity index (χ4v) is 6.51. The van der Waals surface area contributed by atoms with Gasteiger partial charge in [-0.15, -0.1) is 0 Å². The van der Waals surface area contributed by atoms with E-state index in [-0.39, 0.29) is 0 Å². The van der Waals surface area contributed by atoms with Crippen molar-refractivity contribution in [3.8, 4) is 11.4 Å². The first-order valence-electron chi connectivity index (χ1n) is 15.1. The van der Waals surface area contributed by atoms with Gasteiger partial charge < -0.3 is 4.90 Å². The van der Waals surface area contributed by atoms with Gasteiger partial charge in [-0.2, -0.15) is 0 Å². The van der Waals surface area contributed by atoms with Gasteiger partial charge in [-0.3, -0.25) is 9.13 Å². The van der Waals surface area contributed by atoms with E-state index in [2.05, 4.69) is 160 Å². The van der Waals surface area contributed by atoms with E-state index in [1.54, 1.807) is 0 Å². The molecule has 0 saturated carbocycles. The second kappa shape index (κ2) is 10.2. The molecular weight excluding hydrogens is 550 g/mol. The Kier molecular flexibility index (Phi) is 5.74. The SMILES string of the molecule is c1ccc(N(c2ccccc2)c2ccc(-n3c4ccccc4c4nc5c6ccccc6n(-c6ccccc6)c5nc43)cc2)cc1. The van der Waals surface area contributed by atoms with Crippen molar-refractivity contribution >= 4 is 61.2 Å². The van der Waals surface area contributed by atoms with Gasteiger partial charge in [0, 0.05) is 39.2 Å². The molecule has 3 heterocycles. The topological polar surface area (TPSA) is 38.9 Å². The van der Waals surface area contributed by atoms with Gasteiger partial charge in [0.25, 0.3) is 0 Å². The summed E-state index contributed by atoms with van der Waals surface area (Å²) < 4.78 is 4.46. The molecule has 9 aromatic rings. The van der Waals surface area contributed by atoms with Gasteiger partial charge >= 0.3 is 0 Å². The Bertz CT molecular complexity index is 2420. The van der Waals surface area contributed by atoms with E-state index >= 15 is 0 Å². The van der Waals surface area contributed by atoms with Crippen LogP contribution in [0, 0.1) is 0 Å². The molecule has 0 amide bonds. The molecule has 0 atom stereocenters. The van der Waals surface area contributed by atoms with Crippen molar-refractivity contribution in [3.63, 3.8) is 0 Å². The highest BCUT2D eigenvalue weighted by Gasteiger charge is 2.21. The zero-order valence-corrected chi connectivity index (χ0v) is 24.3. The van der Waals surface area contributed by atoms with E-state index in [1.165, 1.54) is 0 Å². The Morgan fingerprint density at radius 3 is 1.27 bits per heavy atom. The van der Waals surface area contributed by atoms with Crippen molar-refractivity contribution in [2.45, 2.75) is 0 Å². The molecule has 0 aliphatic rings. The summed E-state index contributed by atoms with van der Waals surface area (Å²) >= 11 is 0. The lowest BCUT2D eigenvalue weighted by atomic mass is 10.2. The van der Waals surface area contributed by atoms with Gasteiger partial charge in [-0.05, 0) is 72.8 Å². The molecule has 5 nitrogen and oxygen atoms in total. The van der Waals surface area contributed by atoms with Crippen LogP contribution in [0.25, 0.3) is 55.5 Å². The minimum atomic E-state index is 0.833. The van der Waals surface area contributed by atoms with Crippen molar-refractivity contribution in [3.05, 3.63) is 164 Å². The Balaban J connectivity index is 1.28. The Labute approximate surface area is 259 Å². The third-order valence-corrected chi connectivity index (χ3v) is 8.49. The van der Waals surface area contributed by atoms with E-state index in [4.69, 9.17) is 9.97 Å². The maximum Gasteiger partial charge on any atom is 0.166 e. The lowest BCUT2D eigenvalue weighted by molar-refractivity contribution is 1.10. The molecule has 0 fully saturated rings. The molecule has 0 saturated heterocycles. The molecule has 212 valence electrons. The molecule has 9 rings (SSSR count). The highest BCUT2D eigenvalue weighted by molar-refractivity contribution is 6.12. The summed E-state index contributed by atoms with van der Waals surface area (Å²) in [5.41, 5.74) is 11.0. The summed E-state index contributed by atoms with van der Waals surface area (Å²) in [5.74, 6) is 0. The molecule has 3 aromatic heterocycles. The number of anilines is 3. The zero-order valence-electron chi connectivity index (χ0n) is 24.3. The number of para-hydroxylation sites is 5. The molecule has 0 unspecified atom stereocenters. The zero-order chi connectivity index (χ0) is 29.7. The van der Waals surface area contributed by atoms with Crippen LogP contribution in [0.5, 0.6) is 0 Å². The second-order valence-corrected chi connectivity index (χ2v) is 11.1. The number of aromatic nitrogens is 4. The summed E-state index contributed by atoms with van der Waals surface area (Å²) in [6, 6.07) is 57.0. The molecule has 6 aromatic carbocycles. The lowest BCUT2D eigenvalue weighted by Crippen LogP contribution is -2.09. The van der Waals surface area contributed by atoms with Crippen molar-refractivity contribution < 1.29 is 0 Å². The van der Waals surface area contributed by atoms with Crippen LogP contribution in [0.4, 0.5) is 17.1 Å². The van der Waals surface area contributed by atoms with Crippen molar-refractivity contribution in [2.24, 2.45) is 0 Å². The minimum absolute atomic E-state index is 0.833. The summed E-state index contributed by atoms with van der Waals surface area (Å²) in [4.78, 5) is 13.0. The Morgan fingerprint density at radius 2 is 0.756 bits per heavy atom. The minimum Gasteiger partial charge on any atom is -0.311 e. The van der Waals surface area contributed by atoms with Crippen LogP contribution in [-0.4, -0.2) is 19.1 Å². The molecule has 0 aliphatic carbocycles. The van der Waals surface area contributed by atoms with Gasteiger partial charge in [-0.25, -0.2) is 9.97 Å². The number of hydrogen-bond acceptors (Lipinski definition) is 3. The number of rotatable bonds is 5. The molecule has 0 radical (unpaired) electrons. The number of hydrogen-bond donors (Lipinski definition) is 0. The van der Waals surface area contributed by atoms with Crippen LogP contribution in [0.2, 0.25) is 0 Å². The number of benzene rings is 6. The van der Waals surface area contributed by atoms with Gasteiger partial charge in [0.1, 0.15) is 11.0 Å². The van der Waals surface area contributed by atoms with Crippen LogP contribution in [0.3, 0.4) is 0 Å². The van der Waals surface area contributed by atoms with Gasteiger partial charge in [0.05, 0.1) is 11.0 Å². The summed E-state index contributed by atoms with van der Waals surface area (Å²) in [7, 11) is 0. The Hall–Kier alpha value is -6.20. The summed E-state index contributed by atoms with van der Waals surface area (Å²) in [5, 5.41) is 2.17. The molecule has 0 aliphatic heterocycles. The average molecular weight is 578 g/mol. The highest BCUT2D eigenvalue weighted by atomic mass is 15.2. The van der Waals surface area contributed by atoms with Crippen LogP contribution in [0.1, 0.15) is 0 Å². The molecule has 0 bridgehead atoms. The maximum absolute atomic E-state index is 5.41. The summed E-state index contributed by atoms with van der Waals surface area (Å²) in [6.07, 6.45) is 0. The largest absolute Gasteiger partial charge is 0.311 e. The fraction of sp³-hybridized carbons (Fsp3) is 0. The monoisotopic (exact) mass is 577 g/mol. The third-order valence-electron chi connectivity index (χ3n) is 8.49. The second-order valence-electron chi connectivity index (χ2n) is 11.1. The molecular formula is C40H27N5. The highest BCUT2D eigenvalue weighted by Crippen LogP contribution is 2.38. The van der Waals surface area contributed by atoms with Crippen molar-refractivity contribution in [1.82, 2.24) is 19.1 Å². The van der Waals surface area contributed by atoms with Crippen LogP contribution >= 0.6 is 0 Å². The predicted molar refractivity (Wildman–Crippen MR) is 185 cm³/mol. The van der Waals surface area contributed by atoms with Crippen molar-refractivity contribution in [1.29, 1.82) is 0 Å². The lowest BCUT2D eigenvalue weighted by Gasteiger charge is -2.25. The van der Waals surface area contributed by atoms with Crippen LogP contribution in [-0.2, 0) is 0 Å². The van der Waals surface area contributed by atoms with Crippen LogP contribution < -0.4 is 4.90 Å². The van der Waals surface area contributed by atoms with Crippen LogP contribution in [0.15, 0.2) is 164 Å². The Morgan fingerprint density at radius 1 is 0.356 bits per heavy atom. The first-order valence-corrected chi connectivity index (χ1v) is 15.1. The van der Waals surface area contributed by atoms with Crippen molar-refractivity contribution in [2.75, 3.05) is 4.90 Å². The molecule has 0 spiro atoms. The van der Waals surface area contributed by atoms with E-state index in [0.717, 1.165) is 72.6 Å². The standard InChI is InChI=1S/C40H27N5/c1-4-14-28(15-5-1)43(29-16-6-2-7-17-29)31-24-26-32(27-25-31)45-36-23-13-11-21-34(36)38-40(45)42-39-37(41-38)33-20-10-12-22-35(33)44(39)30-18-8-3-9-19-30/h1-27H. The van der Waals surface area contributed by atoms with E-state index < -0.39 is 0 Å². The van der Waals surface area contributed by atoms with Gasteiger partial charge in [0.2, 0.25) is 0 Å². The first kappa shape index (κ1) is 25.3. The van der Waals surface area contributed by atoms with E-state index in [9.17, 15) is 0 Å². The first-order chi connectivity index (χ1) is 22.3. The normalized spacial score (nSPS) is 11.6. The average Bonchev–Trinajstić information content (AvgIpc) is 3.61. The smallest absolute Gasteiger partial charge is 0.166 e. The number of fused-ring (bicyclic) bond motifs is 6. The van der Waals surface area contributed by atoms with Gasteiger partial charge in [0.15, 0.2) is 11.3 Å². The molecule has 45 heavy (non-hydrogen) atoms. The van der Waals surface area contributed by atoms with E-state index in [0.29, 0.717) is 0 Å². The molecule has 5 heteroatoms. The summed E-state index contributed by atoms with van der Waals surface area (Å²) in [6.45, 7) is 0. The predicted octanol–water partition coefficient (Wildman–Crippen LogP) is 10.1. The molecule has 0 N–H and O–H groups in total. The quantitative estimate of drug-likeness (QED) is 0.204. The van der Waals surface area contributed by atoms with Gasteiger partial charge in [-0.1, -0.05) is 91.0 Å². The third kappa shape index (κ3) is 4.02. The fourth-order valence-electron chi connectivity index (χ4n) is 6.51. The maximum atomic E-state index is 5.41.